The van der Waals surface area contributed by atoms with Gasteiger partial charge in [0.15, 0.2) is 0 Å². The summed E-state index contributed by atoms with van der Waals surface area (Å²) < 4.78 is 4.99. The van der Waals surface area contributed by atoms with Gasteiger partial charge in [-0.25, -0.2) is 4.79 Å². The number of nitrogens with one attached hydrogen (secondary N) is 1. The molecule has 0 aliphatic heterocycles. The van der Waals surface area contributed by atoms with Crippen molar-refractivity contribution in [2.24, 2.45) is 23.7 Å². The van der Waals surface area contributed by atoms with Crippen LogP contribution in [0.15, 0.2) is 36.4 Å². The van der Waals surface area contributed by atoms with Crippen molar-refractivity contribution in [1.29, 1.82) is 0 Å². The van der Waals surface area contributed by atoms with Crippen molar-refractivity contribution in [2.75, 3.05) is 11.9 Å². The Labute approximate surface area is 139 Å². The Morgan fingerprint density at radius 3 is 2.50 bits per heavy atom. The Bertz CT molecular complexity index is 711. The van der Waals surface area contributed by atoms with E-state index in [1.165, 1.54) is 0 Å². The fraction of sp³-hybridized carbons (Fsp3) is 0.389. The van der Waals surface area contributed by atoms with Gasteiger partial charge in [-0.2, -0.15) is 0 Å². The number of carbonyl (C=O) groups excluding carboxylic acids is 2. The molecule has 24 heavy (non-hydrogen) atoms. The first-order valence-corrected chi connectivity index (χ1v) is 8.01. The number of anilines is 1. The quantitative estimate of drug-likeness (QED) is 0.639. The van der Waals surface area contributed by atoms with Crippen LogP contribution in [0.4, 0.5) is 5.69 Å². The summed E-state index contributed by atoms with van der Waals surface area (Å²) >= 11 is 0. The van der Waals surface area contributed by atoms with Gasteiger partial charge in [-0.15, -0.1) is 0 Å². The van der Waals surface area contributed by atoms with Crippen LogP contribution in [0.2, 0.25) is 0 Å². The van der Waals surface area contributed by atoms with Gasteiger partial charge in [-0.05, 0) is 37.3 Å². The molecule has 3 rings (SSSR count). The number of amides is 1. The van der Waals surface area contributed by atoms with Gasteiger partial charge in [-0.1, -0.05) is 24.3 Å². The Balaban J connectivity index is 1.82. The first kappa shape index (κ1) is 16.2. The summed E-state index contributed by atoms with van der Waals surface area (Å²) in [5.74, 6) is -3.32. The Kier molecular flexibility index (Phi) is 4.38. The third-order valence-electron chi connectivity index (χ3n) is 4.73. The normalized spacial score (nSPS) is 27.0. The summed E-state index contributed by atoms with van der Waals surface area (Å²) in [6, 6.07) is 6.57. The lowest BCUT2D eigenvalue weighted by atomic mass is 9.82. The molecule has 0 heterocycles. The molecule has 1 amide bonds. The lowest BCUT2D eigenvalue weighted by molar-refractivity contribution is -0.146. The fourth-order valence-electron chi connectivity index (χ4n) is 3.71. The monoisotopic (exact) mass is 329 g/mol. The highest BCUT2D eigenvalue weighted by atomic mass is 16.5. The lowest BCUT2D eigenvalue weighted by Gasteiger charge is -2.24. The standard InChI is InChI=1S/C18H19NO5/c1-2-24-18(23)12-5-3-4-6-13(12)19-16(20)14-10-7-8-11(9-10)15(14)17(21)22/h3-8,10-11,14-15H,2,9H2,1H3,(H,19,20)(H,21,22). The van der Waals surface area contributed by atoms with Crippen LogP contribution >= 0.6 is 0 Å². The van der Waals surface area contributed by atoms with E-state index < -0.39 is 23.8 Å². The number of ether oxygens (including phenoxy) is 1. The van der Waals surface area contributed by atoms with Gasteiger partial charge in [0, 0.05) is 0 Å². The maximum absolute atomic E-state index is 12.7. The number of benzene rings is 1. The molecule has 2 bridgehead atoms. The Hall–Kier alpha value is -2.63. The van der Waals surface area contributed by atoms with Gasteiger partial charge < -0.3 is 15.2 Å². The van der Waals surface area contributed by atoms with E-state index >= 15 is 0 Å². The molecule has 2 N–H and O–H groups in total. The van der Waals surface area contributed by atoms with Crippen LogP contribution < -0.4 is 5.32 Å². The summed E-state index contributed by atoms with van der Waals surface area (Å²) in [5.41, 5.74) is 0.607. The fourth-order valence-corrected chi connectivity index (χ4v) is 3.71. The maximum Gasteiger partial charge on any atom is 0.340 e. The van der Waals surface area contributed by atoms with Crippen LogP contribution in [0, 0.1) is 23.7 Å². The van der Waals surface area contributed by atoms with E-state index in [1.54, 1.807) is 31.2 Å². The van der Waals surface area contributed by atoms with Crippen LogP contribution in [-0.2, 0) is 14.3 Å². The highest BCUT2D eigenvalue weighted by Crippen LogP contribution is 2.48. The molecule has 0 aromatic heterocycles. The molecule has 0 saturated heterocycles. The first-order chi connectivity index (χ1) is 11.5. The van der Waals surface area contributed by atoms with Crippen LogP contribution in [0.1, 0.15) is 23.7 Å². The molecule has 2 aliphatic carbocycles. The number of carboxylic acid groups (broad SMARTS) is 1. The van der Waals surface area contributed by atoms with E-state index in [4.69, 9.17) is 4.74 Å². The third-order valence-corrected chi connectivity index (χ3v) is 4.73. The van der Waals surface area contributed by atoms with Gasteiger partial charge >= 0.3 is 11.9 Å². The highest BCUT2D eigenvalue weighted by Gasteiger charge is 2.51. The van der Waals surface area contributed by atoms with E-state index in [0.717, 1.165) is 0 Å². The molecular weight excluding hydrogens is 310 g/mol. The summed E-state index contributed by atoms with van der Waals surface area (Å²) in [4.78, 5) is 36.2. The molecule has 1 saturated carbocycles. The number of hydrogen-bond acceptors (Lipinski definition) is 4. The number of carbonyl (C=O) groups is 3. The number of hydrogen-bond donors (Lipinski definition) is 2. The molecule has 6 nitrogen and oxygen atoms in total. The summed E-state index contributed by atoms with van der Waals surface area (Å²) in [6.45, 7) is 1.94. The molecule has 4 unspecified atom stereocenters. The Morgan fingerprint density at radius 2 is 1.83 bits per heavy atom. The zero-order valence-electron chi connectivity index (χ0n) is 13.3. The average molecular weight is 329 g/mol. The summed E-state index contributed by atoms with van der Waals surface area (Å²) in [6.07, 6.45) is 4.50. The molecule has 1 aromatic rings. The molecule has 0 spiro atoms. The van der Waals surface area contributed by atoms with Gasteiger partial charge in [0.25, 0.3) is 0 Å². The zero-order valence-corrected chi connectivity index (χ0v) is 13.3. The van der Waals surface area contributed by atoms with E-state index in [-0.39, 0.29) is 29.9 Å². The molecule has 126 valence electrons. The molecular formula is C18H19NO5. The van der Waals surface area contributed by atoms with Gasteiger partial charge in [0.2, 0.25) is 5.91 Å². The van der Waals surface area contributed by atoms with Crippen molar-refractivity contribution in [3.63, 3.8) is 0 Å². The number of para-hydroxylation sites is 1. The minimum atomic E-state index is -0.953. The van der Waals surface area contributed by atoms with Crippen LogP contribution in [0.3, 0.4) is 0 Å². The smallest absolute Gasteiger partial charge is 0.340 e. The first-order valence-electron chi connectivity index (χ1n) is 8.01. The second kappa shape index (κ2) is 6.47. The van der Waals surface area contributed by atoms with Crippen LogP contribution in [0.25, 0.3) is 0 Å². The molecule has 2 aliphatic rings. The van der Waals surface area contributed by atoms with Crippen molar-refractivity contribution >= 4 is 23.5 Å². The number of rotatable bonds is 5. The van der Waals surface area contributed by atoms with Crippen molar-refractivity contribution in [1.82, 2.24) is 0 Å². The van der Waals surface area contributed by atoms with E-state index in [0.29, 0.717) is 12.1 Å². The summed E-state index contributed by atoms with van der Waals surface area (Å²) in [5, 5.41) is 12.2. The van der Waals surface area contributed by atoms with Gasteiger partial charge in [-0.3, -0.25) is 9.59 Å². The molecule has 1 fully saturated rings. The largest absolute Gasteiger partial charge is 0.481 e. The second-order valence-corrected chi connectivity index (χ2v) is 6.09. The highest BCUT2D eigenvalue weighted by molar-refractivity contribution is 6.03. The average Bonchev–Trinajstić information content (AvgIpc) is 3.16. The molecule has 0 radical (unpaired) electrons. The number of aliphatic carboxylic acids is 1. The second-order valence-electron chi connectivity index (χ2n) is 6.09. The topological polar surface area (TPSA) is 92.7 Å². The van der Waals surface area contributed by atoms with E-state index in [2.05, 4.69) is 5.32 Å². The number of allylic oxidation sites excluding steroid dienone is 2. The molecule has 4 atom stereocenters. The molecule has 6 heteroatoms. The number of carboxylic acids is 1. The van der Waals surface area contributed by atoms with Crippen LogP contribution in [-0.4, -0.2) is 29.6 Å². The van der Waals surface area contributed by atoms with Gasteiger partial charge in [0.1, 0.15) is 0 Å². The number of esters is 1. The van der Waals surface area contributed by atoms with Crippen molar-refractivity contribution < 1.29 is 24.2 Å². The van der Waals surface area contributed by atoms with E-state index in [9.17, 15) is 19.5 Å². The molecule has 1 aromatic carbocycles. The third kappa shape index (κ3) is 2.79. The predicted molar refractivity (Wildman–Crippen MR) is 86.4 cm³/mol. The minimum absolute atomic E-state index is 0.0640. The lowest BCUT2D eigenvalue weighted by Crippen LogP contribution is -2.36. The van der Waals surface area contributed by atoms with E-state index in [1.807, 2.05) is 12.2 Å². The van der Waals surface area contributed by atoms with Crippen molar-refractivity contribution in [2.45, 2.75) is 13.3 Å². The minimum Gasteiger partial charge on any atom is -0.481 e. The van der Waals surface area contributed by atoms with Crippen molar-refractivity contribution in [3.05, 3.63) is 42.0 Å². The number of fused-ring (bicyclic) bond motifs is 2. The SMILES string of the molecule is CCOC(=O)c1ccccc1NC(=O)C1C2C=CC(C2)C1C(=O)O. The maximum atomic E-state index is 12.7. The summed E-state index contributed by atoms with van der Waals surface area (Å²) in [7, 11) is 0. The van der Waals surface area contributed by atoms with Crippen LogP contribution in [0.5, 0.6) is 0 Å². The van der Waals surface area contributed by atoms with Gasteiger partial charge in [0.05, 0.1) is 29.7 Å². The Morgan fingerprint density at radius 1 is 1.17 bits per heavy atom. The van der Waals surface area contributed by atoms with Crippen molar-refractivity contribution in [3.8, 4) is 0 Å². The predicted octanol–water partition coefficient (Wildman–Crippen LogP) is 2.32. The zero-order chi connectivity index (χ0) is 17.3.